The summed E-state index contributed by atoms with van der Waals surface area (Å²) in [6.07, 6.45) is 1.87. The summed E-state index contributed by atoms with van der Waals surface area (Å²) in [5.74, 6) is 0.445. The normalized spacial score (nSPS) is 14.3. The van der Waals surface area contributed by atoms with Crippen LogP contribution in [0.15, 0.2) is 48.5 Å². The van der Waals surface area contributed by atoms with Crippen LogP contribution in [0.5, 0.6) is 5.75 Å². The molecule has 2 aromatic rings. The Morgan fingerprint density at radius 1 is 1.00 bits per heavy atom. The van der Waals surface area contributed by atoms with Crippen molar-refractivity contribution in [1.29, 1.82) is 0 Å². The average molecular weight is 366 g/mol. The van der Waals surface area contributed by atoms with Gasteiger partial charge >= 0.3 is 0 Å². The molecule has 2 aromatic carbocycles. The zero-order valence-electron chi connectivity index (χ0n) is 15.9. The highest BCUT2D eigenvalue weighted by Gasteiger charge is 2.56. The quantitative estimate of drug-likeness (QED) is 0.706. The number of hydrogen-bond acceptors (Lipinski definition) is 3. The molecule has 3 rings (SSSR count). The highest BCUT2D eigenvalue weighted by Crippen LogP contribution is 2.46. The molecule has 5 nitrogen and oxygen atoms in total. The maximum Gasteiger partial charge on any atom is 0.235 e. The second-order valence-corrected chi connectivity index (χ2v) is 7.07. The van der Waals surface area contributed by atoms with Gasteiger partial charge in [0.05, 0.1) is 7.11 Å². The number of carbonyl (C=O) groups excluding carboxylic acids is 2. The Morgan fingerprint density at radius 2 is 1.67 bits per heavy atom. The fourth-order valence-electron chi connectivity index (χ4n) is 3.13. The fraction of sp³-hybridized carbons (Fsp3) is 0.364. The van der Waals surface area contributed by atoms with E-state index < -0.39 is 5.41 Å². The van der Waals surface area contributed by atoms with Crippen LogP contribution in [0.2, 0.25) is 0 Å². The van der Waals surface area contributed by atoms with Gasteiger partial charge in [0.15, 0.2) is 0 Å². The highest BCUT2D eigenvalue weighted by atomic mass is 16.5. The number of nitrogens with one attached hydrogen (secondary N) is 2. The van der Waals surface area contributed by atoms with Crippen LogP contribution in [0.25, 0.3) is 0 Å². The number of ether oxygens (including phenoxy) is 1. The van der Waals surface area contributed by atoms with Gasteiger partial charge in [0.1, 0.15) is 11.2 Å². The minimum absolute atomic E-state index is 0.182. The lowest BCUT2D eigenvalue weighted by Gasteiger charge is -2.16. The molecule has 0 aromatic heterocycles. The van der Waals surface area contributed by atoms with Crippen molar-refractivity contribution < 1.29 is 14.3 Å². The molecule has 0 atom stereocenters. The fourth-order valence-corrected chi connectivity index (χ4v) is 3.13. The number of methoxy groups -OCH3 is 1. The van der Waals surface area contributed by atoms with Crippen LogP contribution >= 0.6 is 0 Å². The Balaban J connectivity index is 1.49. The first-order valence-corrected chi connectivity index (χ1v) is 9.29. The van der Waals surface area contributed by atoms with E-state index >= 15 is 0 Å². The van der Waals surface area contributed by atoms with Gasteiger partial charge in [-0.2, -0.15) is 0 Å². The number of aryl methyl sites for hydroxylation is 1. The van der Waals surface area contributed by atoms with Gasteiger partial charge in [-0.15, -0.1) is 0 Å². The van der Waals surface area contributed by atoms with E-state index in [0.29, 0.717) is 32.4 Å². The molecule has 0 unspecified atom stereocenters. The topological polar surface area (TPSA) is 67.4 Å². The average Bonchev–Trinajstić information content (AvgIpc) is 3.50. The van der Waals surface area contributed by atoms with Gasteiger partial charge in [-0.05, 0) is 43.4 Å². The van der Waals surface area contributed by atoms with E-state index in [0.717, 1.165) is 16.9 Å². The van der Waals surface area contributed by atoms with E-state index in [1.807, 2.05) is 55.5 Å². The largest absolute Gasteiger partial charge is 0.496 e. The smallest absolute Gasteiger partial charge is 0.235 e. The number of para-hydroxylation sites is 1. The SMILES string of the molecule is COc1ccccc1CCNC(=O)C1(C(=O)NCc2ccc(C)cc2)CC1. The van der Waals surface area contributed by atoms with Crippen molar-refractivity contribution >= 4 is 11.8 Å². The van der Waals surface area contributed by atoms with Gasteiger partial charge < -0.3 is 15.4 Å². The molecule has 1 aliphatic rings. The van der Waals surface area contributed by atoms with Gasteiger partial charge in [0.25, 0.3) is 0 Å². The highest BCUT2D eigenvalue weighted by molar-refractivity contribution is 6.07. The molecule has 2 amide bonds. The van der Waals surface area contributed by atoms with Crippen LogP contribution in [-0.4, -0.2) is 25.5 Å². The summed E-state index contributed by atoms with van der Waals surface area (Å²) < 4.78 is 5.33. The standard InChI is InChI=1S/C22H26N2O3/c1-16-7-9-17(10-8-16)15-24-21(26)22(12-13-22)20(25)23-14-11-18-5-3-4-6-19(18)27-2/h3-10H,11-15H2,1-2H3,(H,23,25)(H,24,26). The summed E-state index contributed by atoms with van der Waals surface area (Å²) in [4.78, 5) is 25.1. The first kappa shape index (κ1) is 19.0. The lowest BCUT2D eigenvalue weighted by Crippen LogP contribution is -2.43. The van der Waals surface area contributed by atoms with E-state index in [4.69, 9.17) is 4.74 Å². The van der Waals surface area contributed by atoms with Gasteiger partial charge in [0, 0.05) is 13.1 Å². The monoisotopic (exact) mass is 366 g/mol. The van der Waals surface area contributed by atoms with E-state index in [9.17, 15) is 9.59 Å². The molecule has 0 saturated heterocycles. The van der Waals surface area contributed by atoms with Crippen molar-refractivity contribution in [2.24, 2.45) is 5.41 Å². The Morgan fingerprint density at radius 3 is 2.33 bits per heavy atom. The molecular weight excluding hydrogens is 340 g/mol. The summed E-state index contributed by atoms with van der Waals surface area (Å²) in [5.41, 5.74) is 2.35. The van der Waals surface area contributed by atoms with Gasteiger partial charge in [-0.1, -0.05) is 48.0 Å². The van der Waals surface area contributed by atoms with Crippen molar-refractivity contribution in [1.82, 2.24) is 10.6 Å². The Hall–Kier alpha value is -2.82. The second kappa shape index (κ2) is 8.25. The molecule has 0 spiro atoms. The molecule has 142 valence electrons. The first-order chi connectivity index (χ1) is 13.0. The molecule has 1 aliphatic carbocycles. The predicted octanol–water partition coefficient (Wildman–Crippen LogP) is 2.76. The number of rotatable bonds is 8. The zero-order valence-corrected chi connectivity index (χ0v) is 15.9. The van der Waals surface area contributed by atoms with Crippen LogP contribution < -0.4 is 15.4 Å². The summed E-state index contributed by atoms with van der Waals surface area (Å²) in [5, 5.41) is 5.83. The first-order valence-electron chi connectivity index (χ1n) is 9.29. The maximum absolute atomic E-state index is 12.6. The molecule has 2 N–H and O–H groups in total. The lowest BCUT2D eigenvalue weighted by atomic mass is 10.0. The van der Waals surface area contributed by atoms with Crippen molar-refractivity contribution in [2.45, 2.75) is 32.7 Å². The number of hydrogen-bond donors (Lipinski definition) is 2. The lowest BCUT2D eigenvalue weighted by molar-refractivity contribution is -0.137. The molecule has 0 bridgehead atoms. The summed E-state index contributed by atoms with van der Waals surface area (Å²) >= 11 is 0. The minimum atomic E-state index is -0.897. The third-order valence-corrected chi connectivity index (χ3v) is 5.07. The van der Waals surface area contributed by atoms with Crippen molar-refractivity contribution in [3.05, 3.63) is 65.2 Å². The van der Waals surface area contributed by atoms with Crippen molar-refractivity contribution in [3.63, 3.8) is 0 Å². The molecule has 27 heavy (non-hydrogen) atoms. The van der Waals surface area contributed by atoms with Gasteiger partial charge in [-0.25, -0.2) is 0 Å². The maximum atomic E-state index is 12.6. The summed E-state index contributed by atoms with van der Waals surface area (Å²) in [6, 6.07) is 15.7. The molecular formula is C22H26N2O3. The summed E-state index contributed by atoms with van der Waals surface area (Å²) in [7, 11) is 1.63. The Labute approximate surface area is 160 Å². The van der Waals surface area contributed by atoms with E-state index in [2.05, 4.69) is 10.6 Å². The van der Waals surface area contributed by atoms with E-state index in [1.165, 1.54) is 5.56 Å². The molecule has 0 heterocycles. The van der Waals surface area contributed by atoms with E-state index in [-0.39, 0.29) is 11.8 Å². The van der Waals surface area contributed by atoms with Gasteiger partial charge in [-0.3, -0.25) is 9.59 Å². The molecule has 1 saturated carbocycles. The molecule has 1 fully saturated rings. The number of amides is 2. The number of carbonyl (C=O) groups is 2. The molecule has 5 heteroatoms. The van der Waals surface area contributed by atoms with Crippen LogP contribution in [-0.2, 0) is 22.6 Å². The Bertz CT molecular complexity index is 811. The van der Waals surface area contributed by atoms with Crippen molar-refractivity contribution in [3.8, 4) is 5.75 Å². The van der Waals surface area contributed by atoms with Crippen molar-refractivity contribution in [2.75, 3.05) is 13.7 Å². The van der Waals surface area contributed by atoms with Gasteiger partial charge in [0.2, 0.25) is 11.8 Å². The Kier molecular flexibility index (Phi) is 5.79. The second-order valence-electron chi connectivity index (χ2n) is 7.07. The van der Waals surface area contributed by atoms with E-state index in [1.54, 1.807) is 7.11 Å². The molecule has 0 radical (unpaired) electrons. The molecule has 0 aliphatic heterocycles. The number of benzene rings is 2. The summed E-state index contributed by atoms with van der Waals surface area (Å²) in [6.45, 7) is 2.94. The predicted molar refractivity (Wildman–Crippen MR) is 104 cm³/mol. The zero-order chi connectivity index (χ0) is 19.3. The van der Waals surface area contributed by atoms with Crippen LogP contribution in [0.3, 0.4) is 0 Å². The minimum Gasteiger partial charge on any atom is -0.496 e. The van der Waals surface area contributed by atoms with Crippen LogP contribution in [0.4, 0.5) is 0 Å². The van der Waals surface area contributed by atoms with Crippen LogP contribution in [0, 0.1) is 12.3 Å². The third-order valence-electron chi connectivity index (χ3n) is 5.07. The van der Waals surface area contributed by atoms with Crippen LogP contribution in [0.1, 0.15) is 29.5 Å². The third kappa shape index (κ3) is 4.48.